The number of nitrogens with one attached hydrogen (secondary N) is 1. The fourth-order valence-corrected chi connectivity index (χ4v) is 4.10. The molecule has 10 heteroatoms. The number of hydrogen-bond acceptors (Lipinski definition) is 9. The molecule has 4 rings (SSSR count). The Balaban J connectivity index is 1.29. The summed E-state index contributed by atoms with van der Waals surface area (Å²) < 4.78 is 24.6. The second-order valence-corrected chi connectivity index (χ2v) is 7.90. The highest BCUT2D eigenvalue weighted by Gasteiger charge is 2.16. The molecule has 1 fully saturated rings. The van der Waals surface area contributed by atoms with Crippen LogP contribution in [0.15, 0.2) is 33.1 Å². The minimum Gasteiger partial charge on any atom is -0.376 e. The standard InChI is InChI=1S/C16H16FN5O2S2/c17-11-5-3-10(4-6-11)14-19-13(24-22-14)9-25-16-21-20-15(26-16)18-8-12-2-1-7-23-12/h3-6,12H,1-2,7-9H2,(H,18,20). The number of aromatic nitrogens is 4. The summed E-state index contributed by atoms with van der Waals surface area (Å²) in [7, 11) is 0. The Labute approximate surface area is 157 Å². The van der Waals surface area contributed by atoms with E-state index in [0.29, 0.717) is 23.0 Å². The third-order valence-corrected chi connectivity index (χ3v) is 5.80. The predicted molar refractivity (Wildman–Crippen MR) is 96.6 cm³/mol. The van der Waals surface area contributed by atoms with E-state index >= 15 is 0 Å². The maximum absolute atomic E-state index is 13.0. The predicted octanol–water partition coefficient (Wildman–Crippen LogP) is 3.61. The third kappa shape index (κ3) is 4.37. The lowest BCUT2D eigenvalue weighted by molar-refractivity contribution is 0.120. The summed E-state index contributed by atoms with van der Waals surface area (Å²) in [5.41, 5.74) is 0.711. The summed E-state index contributed by atoms with van der Waals surface area (Å²) in [5.74, 6) is 1.12. The van der Waals surface area contributed by atoms with Crippen molar-refractivity contribution >= 4 is 28.2 Å². The topological polar surface area (TPSA) is 86.0 Å². The number of ether oxygens (including phenoxy) is 1. The van der Waals surface area contributed by atoms with E-state index in [4.69, 9.17) is 9.26 Å². The van der Waals surface area contributed by atoms with Crippen LogP contribution in [0.1, 0.15) is 18.7 Å². The second-order valence-electron chi connectivity index (χ2n) is 5.70. The van der Waals surface area contributed by atoms with Gasteiger partial charge in [0.1, 0.15) is 5.82 Å². The lowest BCUT2D eigenvalue weighted by Gasteiger charge is -2.08. The largest absolute Gasteiger partial charge is 0.376 e. The van der Waals surface area contributed by atoms with Gasteiger partial charge in [-0.05, 0) is 37.1 Å². The molecule has 1 atom stereocenters. The van der Waals surface area contributed by atoms with E-state index in [2.05, 4.69) is 25.7 Å². The molecule has 1 N–H and O–H groups in total. The highest BCUT2D eigenvalue weighted by atomic mass is 32.2. The molecule has 7 nitrogen and oxygen atoms in total. The van der Waals surface area contributed by atoms with E-state index in [0.717, 1.165) is 35.5 Å². The summed E-state index contributed by atoms with van der Waals surface area (Å²) in [6.45, 7) is 1.59. The number of hydrogen-bond donors (Lipinski definition) is 1. The first kappa shape index (κ1) is 17.4. The van der Waals surface area contributed by atoms with Crippen molar-refractivity contribution in [1.82, 2.24) is 20.3 Å². The molecule has 0 radical (unpaired) electrons. The van der Waals surface area contributed by atoms with Crippen molar-refractivity contribution < 1.29 is 13.7 Å². The number of nitrogens with zero attached hydrogens (tertiary/aromatic N) is 4. The molecule has 0 spiro atoms. The Kier molecular flexibility index (Phi) is 5.42. The first-order valence-corrected chi connectivity index (χ1v) is 9.97. The van der Waals surface area contributed by atoms with Crippen molar-refractivity contribution in [3.8, 4) is 11.4 Å². The summed E-state index contributed by atoms with van der Waals surface area (Å²) in [6.07, 6.45) is 2.47. The van der Waals surface area contributed by atoms with Gasteiger partial charge in [-0.2, -0.15) is 4.98 Å². The Bertz CT molecular complexity index is 848. The van der Waals surface area contributed by atoms with E-state index in [9.17, 15) is 4.39 Å². The lowest BCUT2D eigenvalue weighted by Crippen LogP contribution is -2.18. The molecule has 0 saturated carbocycles. The van der Waals surface area contributed by atoms with Crippen LogP contribution in [0.2, 0.25) is 0 Å². The van der Waals surface area contributed by atoms with E-state index in [1.807, 2.05) is 0 Å². The molecular weight excluding hydrogens is 377 g/mol. The molecule has 1 aliphatic heterocycles. The van der Waals surface area contributed by atoms with Crippen molar-refractivity contribution in [2.24, 2.45) is 0 Å². The molecule has 136 valence electrons. The van der Waals surface area contributed by atoms with Crippen molar-refractivity contribution in [1.29, 1.82) is 0 Å². The molecule has 1 aromatic carbocycles. The van der Waals surface area contributed by atoms with Gasteiger partial charge in [-0.15, -0.1) is 10.2 Å². The average Bonchev–Trinajstić information content (AvgIpc) is 3.40. The van der Waals surface area contributed by atoms with Gasteiger partial charge >= 0.3 is 0 Å². The molecule has 0 aliphatic carbocycles. The summed E-state index contributed by atoms with van der Waals surface area (Å²) in [5, 5.41) is 16.2. The van der Waals surface area contributed by atoms with Crippen molar-refractivity contribution in [3.05, 3.63) is 36.0 Å². The number of benzene rings is 1. The maximum atomic E-state index is 13.0. The molecule has 1 unspecified atom stereocenters. The normalized spacial score (nSPS) is 16.9. The van der Waals surface area contributed by atoms with E-state index in [1.165, 1.54) is 35.2 Å². The smallest absolute Gasteiger partial charge is 0.237 e. The van der Waals surface area contributed by atoms with Gasteiger partial charge in [0.25, 0.3) is 0 Å². The molecule has 3 aromatic rings. The van der Waals surface area contributed by atoms with E-state index in [1.54, 1.807) is 12.1 Å². The Morgan fingerprint density at radius 2 is 2.15 bits per heavy atom. The van der Waals surface area contributed by atoms with Crippen molar-refractivity contribution in [2.75, 3.05) is 18.5 Å². The van der Waals surface area contributed by atoms with E-state index < -0.39 is 0 Å². The van der Waals surface area contributed by atoms with Crippen LogP contribution in [0, 0.1) is 5.82 Å². The monoisotopic (exact) mass is 393 g/mol. The maximum Gasteiger partial charge on any atom is 0.237 e. The zero-order valence-electron chi connectivity index (χ0n) is 13.7. The number of thioether (sulfide) groups is 1. The van der Waals surface area contributed by atoms with Crippen molar-refractivity contribution in [3.63, 3.8) is 0 Å². The summed E-state index contributed by atoms with van der Waals surface area (Å²) in [6, 6.07) is 5.97. The molecule has 26 heavy (non-hydrogen) atoms. The fourth-order valence-electron chi connectivity index (χ4n) is 2.50. The lowest BCUT2D eigenvalue weighted by atomic mass is 10.2. The Morgan fingerprint density at radius 3 is 2.96 bits per heavy atom. The average molecular weight is 393 g/mol. The highest BCUT2D eigenvalue weighted by Crippen LogP contribution is 2.28. The number of halogens is 1. The number of rotatable bonds is 7. The molecule has 2 aromatic heterocycles. The summed E-state index contributed by atoms with van der Waals surface area (Å²) in [4.78, 5) is 4.32. The number of anilines is 1. The molecule has 0 amide bonds. The molecule has 1 aliphatic rings. The SMILES string of the molecule is Fc1ccc(-c2noc(CSc3nnc(NCC4CCCO4)s3)n2)cc1. The zero-order chi connectivity index (χ0) is 17.8. The van der Waals surface area contributed by atoms with Crippen LogP contribution in [-0.4, -0.2) is 39.6 Å². The summed E-state index contributed by atoms with van der Waals surface area (Å²) >= 11 is 2.96. The van der Waals surface area contributed by atoms with Crippen LogP contribution in [0.5, 0.6) is 0 Å². The first-order valence-electron chi connectivity index (χ1n) is 8.16. The van der Waals surface area contributed by atoms with Gasteiger partial charge < -0.3 is 14.6 Å². The zero-order valence-corrected chi connectivity index (χ0v) is 15.4. The fraction of sp³-hybridized carbons (Fsp3) is 0.375. The van der Waals surface area contributed by atoms with Gasteiger partial charge in [-0.3, -0.25) is 0 Å². The van der Waals surface area contributed by atoms with Gasteiger partial charge in [0, 0.05) is 18.7 Å². The minimum atomic E-state index is -0.298. The van der Waals surface area contributed by atoms with Crippen LogP contribution in [-0.2, 0) is 10.5 Å². The van der Waals surface area contributed by atoms with Gasteiger partial charge in [-0.1, -0.05) is 28.3 Å². The molecule has 0 bridgehead atoms. The molecule has 1 saturated heterocycles. The van der Waals surface area contributed by atoms with Crippen LogP contribution in [0.4, 0.5) is 9.52 Å². The first-order chi connectivity index (χ1) is 12.8. The van der Waals surface area contributed by atoms with Crippen molar-refractivity contribution in [2.45, 2.75) is 29.0 Å². The minimum absolute atomic E-state index is 0.262. The quantitative estimate of drug-likeness (QED) is 0.609. The van der Waals surface area contributed by atoms with Crippen LogP contribution in [0.25, 0.3) is 11.4 Å². The van der Waals surface area contributed by atoms with Crippen LogP contribution < -0.4 is 5.32 Å². The van der Waals surface area contributed by atoms with Crippen LogP contribution in [0.3, 0.4) is 0 Å². The Hall–Kier alpha value is -2.04. The third-order valence-electron chi connectivity index (χ3n) is 3.80. The highest BCUT2D eigenvalue weighted by molar-refractivity contribution is 8.00. The van der Waals surface area contributed by atoms with Gasteiger partial charge in [0.2, 0.25) is 16.8 Å². The van der Waals surface area contributed by atoms with Gasteiger partial charge in [-0.25, -0.2) is 4.39 Å². The molecule has 3 heterocycles. The van der Waals surface area contributed by atoms with Gasteiger partial charge in [0.15, 0.2) is 4.34 Å². The van der Waals surface area contributed by atoms with Crippen LogP contribution >= 0.6 is 23.1 Å². The Morgan fingerprint density at radius 1 is 1.27 bits per heavy atom. The van der Waals surface area contributed by atoms with Gasteiger partial charge in [0.05, 0.1) is 11.9 Å². The second kappa shape index (κ2) is 8.11. The molecular formula is C16H16FN5O2S2. The van der Waals surface area contributed by atoms with E-state index in [-0.39, 0.29) is 11.9 Å².